The molecule has 0 aromatic heterocycles. The predicted molar refractivity (Wildman–Crippen MR) is 30.9 cm³/mol. The van der Waals surface area contributed by atoms with Crippen molar-refractivity contribution >= 4 is 0 Å². The topological polar surface area (TPSA) is 16.4 Å². The Bertz CT molecular complexity index is 104. The minimum absolute atomic E-state index is 1.15. The number of nitrogens with zero attached hydrogens (tertiary/aromatic N) is 1. The van der Waals surface area contributed by atoms with Gasteiger partial charge in [-0.1, -0.05) is 11.0 Å². The molecule has 0 radical (unpaired) electrons. The lowest BCUT2D eigenvalue weighted by molar-refractivity contribution is 1.14. The van der Waals surface area contributed by atoms with E-state index in [1.807, 2.05) is 13.8 Å². The van der Waals surface area contributed by atoms with Gasteiger partial charge in [-0.05, 0) is 13.8 Å². The summed E-state index contributed by atoms with van der Waals surface area (Å²) in [6.07, 6.45) is 1.72. The molecule has 0 aromatic rings. The quantitative estimate of drug-likeness (QED) is 0.489. The van der Waals surface area contributed by atoms with E-state index in [1.54, 1.807) is 6.20 Å². The average Bonchev–Trinajstić information content (AvgIpc) is 1.61. The van der Waals surface area contributed by atoms with Crippen molar-refractivity contribution in [1.82, 2.24) is 5.43 Å². The number of nitrogens with one attached hydrogen (secondary N) is 1. The third-order valence-corrected chi connectivity index (χ3v) is 0.428. The van der Waals surface area contributed by atoms with Crippen LogP contribution in [0.1, 0.15) is 13.8 Å². The number of hydrogen-bond donors (Lipinski definition) is 1. The first kappa shape index (κ1) is 6.03. The maximum atomic E-state index is 4.75. The largest absolute Gasteiger partial charge is 0.305 e. The van der Waals surface area contributed by atoms with Crippen molar-refractivity contribution in [2.75, 3.05) is 0 Å². The Balaban J connectivity index is 3.32. The van der Waals surface area contributed by atoms with Crippen LogP contribution in [0.2, 0.25) is 0 Å². The van der Waals surface area contributed by atoms with Crippen LogP contribution in [0.15, 0.2) is 11.8 Å². The molecule has 0 amide bonds. The van der Waals surface area contributed by atoms with Crippen LogP contribution in [-0.4, -0.2) is 0 Å². The Hall–Kier alpha value is -0.970. The van der Waals surface area contributed by atoms with Gasteiger partial charge in [-0.2, -0.15) is 0 Å². The summed E-state index contributed by atoms with van der Waals surface area (Å²) >= 11 is 0. The summed E-state index contributed by atoms with van der Waals surface area (Å²) in [6.45, 7) is 8.66. The molecule has 0 aromatic carbocycles. The zero-order valence-electron chi connectivity index (χ0n) is 4.60. The number of rotatable bonds is 1. The normalized spacial score (nSPS) is 6.43. The molecule has 0 spiro atoms. The molecule has 0 bridgehead atoms. The van der Waals surface area contributed by atoms with Gasteiger partial charge in [-0.3, -0.25) is 0 Å². The van der Waals surface area contributed by atoms with Gasteiger partial charge in [0.05, 0.1) is 11.2 Å². The van der Waals surface area contributed by atoms with Crippen LogP contribution >= 0.6 is 0 Å². The van der Waals surface area contributed by atoms with E-state index in [0.29, 0.717) is 0 Å². The standard InChI is InChI=1S/C5H9N2/c1-5(2)4-7-6-3/h3-4,7H,1-2H3/q+1. The average molecular weight is 97.1 g/mol. The van der Waals surface area contributed by atoms with Crippen LogP contribution in [0, 0.1) is 6.57 Å². The van der Waals surface area contributed by atoms with Crippen molar-refractivity contribution in [2.45, 2.75) is 13.8 Å². The van der Waals surface area contributed by atoms with Crippen molar-refractivity contribution in [3.8, 4) is 6.57 Å². The van der Waals surface area contributed by atoms with E-state index < -0.39 is 0 Å². The molecule has 0 fully saturated rings. The van der Waals surface area contributed by atoms with Gasteiger partial charge in [0.2, 0.25) is 0 Å². The van der Waals surface area contributed by atoms with Gasteiger partial charge in [-0.15, -0.1) is 0 Å². The Morgan fingerprint density at radius 2 is 2.29 bits per heavy atom. The lowest BCUT2D eigenvalue weighted by atomic mass is 10.4. The molecule has 2 nitrogen and oxygen atoms in total. The van der Waals surface area contributed by atoms with Crippen LogP contribution in [-0.2, 0) is 0 Å². The summed E-state index contributed by atoms with van der Waals surface area (Å²) in [5.74, 6) is 0. The first-order valence-electron chi connectivity index (χ1n) is 2.06. The molecule has 0 atom stereocenters. The Morgan fingerprint density at radius 3 is 2.43 bits per heavy atom. The molecule has 7 heavy (non-hydrogen) atoms. The van der Waals surface area contributed by atoms with Gasteiger partial charge in [0, 0.05) is 0 Å². The third-order valence-electron chi connectivity index (χ3n) is 0.428. The SMILES string of the molecule is C#[N+]NC=C(C)C. The van der Waals surface area contributed by atoms with E-state index in [4.69, 9.17) is 6.57 Å². The molecule has 0 rings (SSSR count). The van der Waals surface area contributed by atoms with Crippen molar-refractivity contribution < 1.29 is 0 Å². The molecule has 0 saturated heterocycles. The van der Waals surface area contributed by atoms with Crippen molar-refractivity contribution in [1.29, 1.82) is 0 Å². The molecular formula is C5H9N2+. The fourth-order valence-electron chi connectivity index (χ4n) is 0.166. The smallest absolute Gasteiger partial charge is 0.0560 e. The summed E-state index contributed by atoms with van der Waals surface area (Å²) in [5.41, 5.74) is 3.64. The second-order valence-corrected chi connectivity index (χ2v) is 1.48. The molecule has 0 aliphatic rings. The highest BCUT2D eigenvalue weighted by atomic mass is 15.2. The Labute approximate surface area is 43.6 Å². The summed E-state index contributed by atoms with van der Waals surface area (Å²) in [5, 5.41) is 0. The van der Waals surface area contributed by atoms with Crippen LogP contribution in [0.4, 0.5) is 0 Å². The van der Waals surface area contributed by atoms with Crippen molar-refractivity contribution in [3.05, 3.63) is 16.7 Å². The zero-order chi connectivity index (χ0) is 5.70. The maximum absolute atomic E-state index is 4.75. The van der Waals surface area contributed by atoms with E-state index >= 15 is 0 Å². The first-order chi connectivity index (χ1) is 3.27. The van der Waals surface area contributed by atoms with Crippen LogP contribution in [0.3, 0.4) is 0 Å². The lowest BCUT2D eigenvalue weighted by Crippen LogP contribution is -1.87. The van der Waals surface area contributed by atoms with Crippen molar-refractivity contribution in [3.63, 3.8) is 0 Å². The van der Waals surface area contributed by atoms with Gasteiger partial charge in [-0.25, -0.2) is 0 Å². The lowest BCUT2D eigenvalue weighted by Gasteiger charge is -1.76. The summed E-state index contributed by atoms with van der Waals surface area (Å²) in [4.78, 5) is 3.15. The summed E-state index contributed by atoms with van der Waals surface area (Å²) < 4.78 is 0. The third kappa shape index (κ3) is 5.03. The van der Waals surface area contributed by atoms with E-state index in [2.05, 4.69) is 10.4 Å². The second kappa shape index (κ2) is 3.23. The van der Waals surface area contributed by atoms with Gasteiger partial charge in [0.15, 0.2) is 0 Å². The number of allylic oxidation sites excluding steroid dienone is 1. The number of hydrogen-bond acceptors (Lipinski definition) is 1. The first-order valence-corrected chi connectivity index (χ1v) is 2.06. The van der Waals surface area contributed by atoms with Gasteiger partial charge >= 0.3 is 6.57 Å². The molecule has 2 heteroatoms. The highest BCUT2D eigenvalue weighted by molar-refractivity contribution is 4.91. The molecule has 0 heterocycles. The van der Waals surface area contributed by atoms with Gasteiger partial charge in [0.1, 0.15) is 0 Å². The molecule has 0 aliphatic carbocycles. The summed E-state index contributed by atoms with van der Waals surface area (Å²) in [6, 6.07) is 0. The minimum atomic E-state index is 1.15. The highest BCUT2D eigenvalue weighted by Gasteiger charge is 1.74. The monoisotopic (exact) mass is 97.1 g/mol. The van der Waals surface area contributed by atoms with E-state index in [1.165, 1.54) is 0 Å². The predicted octanol–water partition coefficient (Wildman–Crippen LogP) is 1.38. The van der Waals surface area contributed by atoms with Gasteiger partial charge in [0.25, 0.3) is 0 Å². The van der Waals surface area contributed by atoms with E-state index in [0.717, 1.165) is 5.57 Å². The minimum Gasteiger partial charge on any atom is -0.0560 e. The molecule has 0 saturated carbocycles. The molecule has 0 aliphatic heterocycles. The fourth-order valence-corrected chi connectivity index (χ4v) is 0.166. The molecule has 0 unspecified atom stereocenters. The molecule has 38 valence electrons. The van der Waals surface area contributed by atoms with Crippen LogP contribution in [0.25, 0.3) is 4.95 Å². The maximum Gasteiger partial charge on any atom is 0.305 e. The van der Waals surface area contributed by atoms with Crippen LogP contribution < -0.4 is 5.43 Å². The Morgan fingerprint density at radius 1 is 1.71 bits per heavy atom. The van der Waals surface area contributed by atoms with Crippen molar-refractivity contribution in [2.24, 2.45) is 0 Å². The van der Waals surface area contributed by atoms with E-state index in [9.17, 15) is 0 Å². The van der Waals surface area contributed by atoms with Crippen LogP contribution in [0.5, 0.6) is 0 Å². The highest BCUT2D eigenvalue weighted by Crippen LogP contribution is 1.81. The second-order valence-electron chi connectivity index (χ2n) is 1.48. The summed E-state index contributed by atoms with van der Waals surface area (Å²) in [7, 11) is 0. The Kier molecular flexibility index (Phi) is 2.78. The fraction of sp³-hybridized carbons (Fsp3) is 0.400. The van der Waals surface area contributed by atoms with Gasteiger partial charge < -0.3 is 0 Å². The molecular weight excluding hydrogens is 88.1 g/mol. The molecule has 1 N–H and O–H groups in total. The van der Waals surface area contributed by atoms with E-state index in [-0.39, 0.29) is 0 Å². The zero-order valence-corrected chi connectivity index (χ0v) is 4.60.